The maximum atomic E-state index is 13.4. The number of halogens is 2. The lowest BCUT2D eigenvalue weighted by molar-refractivity contribution is 0.628. The smallest absolute Gasteiger partial charge is 0.123 e. The highest BCUT2D eigenvalue weighted by atomic mass is 35.5. The summed E-state index contributed by atoms with van der Waals surface area (Å²) >= 11 is 6.43. The van der Waals surface area contributed by atoms with Crippen LogP contribution in [0.15, 0.2) is 79.1 Å². The molecule has 0 amide bonds. The van der Waals surface area contributed by atoms with Crippen LogP contribution in [0.2, 0.25) is 5.02 Å². The van der Waals surface area contributed by atoms with Crippen LogP contribution in [-0.4, -0.2) is 10.2 Å². The number of anilines is 3. The topological polar surface area (TPSA) is 29.0 Å². The van der Waals surface area contributed by atoms with E-state index in [1.807, 2.05) is 47.4 Å². The summed E-state index contributed by atoms with van der Waals surface area (Å²) in [7, 11) is 0. The molecular formula is C20H13ClFN3. The van der Waals surface area contributed by atoms with Gasteiger partial charge in [0.1, 0.15) is 5.82 Å². The van der Waals surface area contributed by atoms with Crippen molar-refractivity contribution in [3.05, 3.63) is 90.0 Å². The van der Waals surface area contributed by atoms with Gasteiger partial charge in [0, 0.05) is 22.1 Å². The molecule has 3 aromatic carbocycles. The fourth-order valence-corrected chi connectivity index (χ4v) is 2.99. The van der Waals surface area contributed by atoms with Gasteiger partial charge >= 0.3 is 0 Å². The molecule has 1 heterocycles. The molecule has 0 saturated carbocycles. The highest BCUT2D eigenvalue weighted by molar-refractivity contribution is 6.33. The van der Waals surface area contributed by atoms with E-state index in [0.29, 0.717) is 5.02 Å². The van der Waals surface area contributed by atoms with Gasteiger partial charge in [0.05, 0.1) is 23.1 Å². The van der Waals surface area contributed by atoms with Gasteiger partial charge in [-0.25, -0.2) is 4.39 Å². The fourth-order valence-electron chi connectivity index (χ4n) is 2.77. The molecule has 122 valence electrons. The molecule has 0 bridgehead atoms. The predicted octanol–water partition coefficient (Wildman–Crippen LogP) is 5.89. The predicted molar refractivity (Wildman–Crippen MR) is 99.2 cm³/mol. The van der Waals surface area contributed by atoms with Crippen LogP contribution < -0.4 is 4.90 Å². The quantitative estimate of drug-likeness (QED) is 0.461. The molecule has 0 spiro atoms. The van der Waals surface area contributed by atoms with Gasteiger partial charge in [-0.05, 0) is 48.5 Å². The lowest BCUT2D eigenvalue weighted by Crippen LogP contribution is -2.10. The van der Waals surface area contributed by atoms with E-state index in [2.05, 4.69) is 10.2 Å². The molecule has 0 saturated heterocycles. The summed E-state index contributed by atoms with van der Waals surface area (Å²) in [4.78, 5) is 1.99. The molecule has 0 unspecified atom stereocenters. The number of aromatic nitrogens is 2. The molecule has 4 aromatic rings. The van der Waals surface area contributed by atoms with Crippen molar-refractivity contribution in [2.24, 2.45) is 0 Å². The Balaban J connectivity index is 1.92. The Morgan fingerprint density at radius 1 is 0.760 bits per heavy atom. The van der Waals surface area contributed by atoms with E-state index >= 15 is 0 Å². The Bertz CT molecular complexity index is 1030. The second kappa shape index (κ2) is 6.49. The minimum absolute atomic E-state index is 0.281. The van der Waals surface area contributed by atoms with Crippen LogP contribution in [0.5, 0.6) is 0 Å². The third-order valence-corrected chi connectivity index (χ3v) is 4.29. The lowest BCUT2D eigenvalue weighted by Gasteiger charge is -2.26. The van der Waals surface area contributed by atoms with Crippen LogP contribution in [0, 0.1) is 5.82 Å². The minimum Gasteiger partial charge on any atom is -0.309 e. The standard InChI is InChI=1S/C20H13ClFN3/c21-19-3-1-2-4-20(19)25(17-9-6-16(22)7-10-17)18-8-5-14-12-23-24-13-15(14)11-18/h1-13H. The Kier molecular flexibility index (Phi) is 4.04. The number of fused-ring (bicyclic) bond motifs is 1. The van der Waals surface area contributed by atoms with Crippen molar-refractivity contribution in [3.63, 3.8) is 0 Å². The largest absolute Gasteiger partial charge is 0.309 e. The highest BCUT2D eigenvalue weighted by Gasteiger charge is 2.15. The first kappa shape index (κ1) is 15.5. The summed E-state index contributed by atoms with van der Waals surface area (Å²) in [6, 6.07) is 19.9. The fraction of sp³-hybridized carbons (Fsp3) is 0. The van der Waals surface area contributed by atoms with Gasteiger partial charge in [-0.2, -0.15) is 10.2 Å². The Labute approximate surface area is 149 Å². The van der Waals surface area contributed by atoms with Crippen LogP contribution in [-0.2, 0) is 0 Å². The lowest BCUT2D eigenvalue weighted by atomic mass is 10.1. The van der Waals surface area contributed by atoms with Crippen molar-refractivity contribution in [2.45, 2.75) is 0 Å². The van der Waals surface area contributed by atoms with Crippen molar-refractivity contribution in [1.29, 1.82) is 0 Å². The van der Waals surface area contributed by atoms with E-state index in [-0.39, 0.29) is 5.82 Å². The van der Waals surface area contributed by atoms with Crippen LogP contribution in [0.25, 0.3) is 10.8 Å². The molecule has 0 atom stereocenters. The summed E-state index contributed by atoms with van der Waals surface area (Å²) in [6.45, 7) is 0. The first-order valence-corrected chi connectivity index (χ1v) is 8.11. The number of nitrogens with zero attached hydrogens (tertiary/aromatic N) is 3. The molecule has 0 aliphatic carbocycles. The van der Waals surface area contributed by atoms with E-state index in [0.717, 1.165) is 27.8 Å². The van der Waals surface area contributed by atoms with Gasteiger partial charge in [0.25, 0.3) is 0 Å². The van der Waals surface area contributed by atoms with Gasteiger partial charge < -0.3 is 4.90 Å². The molecule has 0 fully saturated rings. The molecule has 25 heavy (non-hydrogen) atoms. The maximum absolute atomic E-state index is 13.4. The molecular weight excluding hydrogens is 337 g/mol. The highest BCUT2D eigenvalue weighted by Crippen LogP contribution is 2.39. The third kappa shape index (κ3) is 3.04. The average molecular weight is 350 g/mol. The van der Waals surface area contributed by atoms with Crippen molar-refractivity contribution in [3.8, 4) is 0 Å². The average Bonchev–Trinajstić information content (AvgIpc) is 2.65. The molecule has 4 rings (SSSR count). The van der Waals surface area contributed by atoms with E-state index in [4.69, 9.17) is 11.6 Å². The molecule has 0 aliphatic rings. The molecule has 0 radical (unpaired) electrons. The normalized spacial score (nSPS) is 10.8. The Morgan fingerprint density at radius 2 is 1.44 bits per heavy atom. The van der Waals surface area contributed by atoms with Crippen LogP contribution in [0.3, 0.4) is 0 Å². The summed E-state index contributed by atoms with van der Waals surface area (Å²) in [6.07, 6.45) is 3.44. The molecule has 5 heteroatoms. The molecule has 1 aromatic heterocycles. The number of rotatable bonds is 3. The number of benzene rings is 3. The van der Waals surface area contributed by atoms with Gasteiger partial charge in [-0.1, -0.05) is 29.8 Å². The van der Waals surface area contributed by atoms with Crippen LogP contribution in [0.4, 0.5) is 21.5 Å². The number of hydrogen-bond donors (Lipinski definition) is 0. The second-order valence-corrected chi connectivity index (χ2v) is 5.97. The van der Waals surface area contributed by atoms with Gasteiger partial charge in [-0.15, -0.1) is 0 Å². The zero-order chi connectivity index (χ0) is 17.2. The zero-order valence-electron chi connectivity index (χ0n) is 13.1. The Morgan fingerprint density at radius 3 is 2.20 bits per heavy atom. The van der Waals surface area contributed by atoms with E-state index in [1.54, 1.807) is 24.5 Å². The first-order chi connectivity index (χ1) is 12.2. The van der Waals surface area contributed by atoms with E-state index in [1.165, 1.54) is 12.1 Å². The van der Waals surface area contributed by atoms with Gasteiger partial charge in [0.2, 0.25) is 0 Å². The van der Waals surface area contributed by atoms with Crippen LogP contribution in [0.1, 0.15) is 0 Å². The zero-order valence-corrected chi connectivity index (χ0v) is 13.9. The first-order valence-electron chi connectivity index (χ1n) is 7.73. The SMILES string of the molecule is Fc1ccc(N(c2ccc3cnncc3c2)c2ccccc2Cl)cc1. The van der Waals surface area contributed by atoms with Gasteiger partial charge in [0.15, 0.2) is 0 Å². The molecule has 0 N–H and O–H groups in total. The summed E-state index contributed by atoms with van der Waals surface area (Å²) in [5, 5.41) is 10.4. The van der Waals surface area contributed by atoms with Crippen molar-refractivity contribution in [2.75, 3.05) is 4.90 Å². The minimum atomic E-state index is -0.281. The summed E-state index contributed by atoms with van der Waals surface area (Å²) in [5.41, 5.74) is 2.54. The summed E-state index contributed by atoms with van der Waals surface area (Å²) < 4.78 is 13.4. The third-order valence-electron chi connectivity index (χ3n) is 3.97. The van der Waals surface area contributed by atoms with Crippen molar-refractivity contribution >= 4 is 39.4 Å². The van der Waals surface area contributed by atoms with Crippen molar-refractivity contribution < 1.29 is 4.39 Å². The van der Waals surface area contributed by atoms with Crippen LogP contribution >= 0.6 is 11.6 Å². The second-order valence-electron chi connectivity index (χ2n) is 5.57. The summed E-state index contributed by atoms with van der Waals surface area (Å²) in [5.74, 6) is -0.281. The molecule has 0 aliphatic heterocycles. The van der Waals surface area contributed by atoms with E-state index < -0.39 is 0 Å². The van der Waals surface area contributed by atoms with E-state index in [9.17, 15) is 4.39 Å². The van der Waals surface area contributed by atoms with Crippen molar-refractivity contribution in [1.82, 2.24) is 10.2 Å². The monoisotopic (exact) mass is 349 g/mol. The maximum Gasteiger partial charge on any atom is 0.123 e. The number of para-hydroxylation sites is 1. The number of hydrogen-bond acceptors (Lipinski definition) is 3. The Hall–Kier alpha value is -2.98. The molecule has 3 nitrogen and oxygen atoms in total. The van der Waals surface area contributed by atoms with Gasteiger partial charge in [-0.3, -0.25) is 0 Å².